The van der Waals surface area contributed by atoms with Gasteiger partial charge in [0.2, 0.25) is 0 Å². The summed E-state index contributed by atoms with van der Waals surface area (Å²) in [6.45, 7) is 4.33. The zero-order valence-corrected chi connectivity index (χ0v) is 10.00. The third-order valence-corrected chi connectivity index (χ3v) is 3.09. The van der Waals surface area contributed by atoms with E-state index in [1.54, 1.807) is 0 Å². The first-order valence-corrected chi connectivity index (χ1v) is 6.05. The quantitative estimate of drug-likeness (QED) is 0.646. The highest BCUT2D eigenvalue weighted by Crippen LogP contribution is 2.23. The van der Waals surface area contributed by atoms with Crippen molar-refractivity contribution in [2.75, 3.05) is 0 Å². The summed E-state index contributed by atoms with van der Waals surface area (Å²) in [7, 11) is 0. The van der Waals surface area contributed by atoms with Gasteiger partial charge in [-0.1, -0.05) is 33.1 Å². The Labute approximate surface area is 93.4 Å². The molecule has 0 N–H and O–H groups in total. The molecule has 84 valence electrons. The first-order chi connectivity index (χ1) is 7.14. The van der Waals surface area contributed by atoms with E-state index in [9.17, 15) is 0 Å². The lowest BCUT2D eigenvalue weighted by Gasteiger charge is -2.21. The lowest BCUT2D eigenvalue weighted by molar-refractivity contribution is 0.434. The number of rotatable bonds is 4. The van der Waals surface area contributed by atoms with Crippen LogP contribution in [-0.2, 0) is 0 Å². The van der Waals surface area contributed by atoms with Crippen LogP contribution in [0.15, 0.2) is 4.99 Å². The van der Waals surface area contributed by atoms with Gasteiger partial charge in [-0.2, -0.15) is 5.26 Å². The van der Waals surface area contributed by atoms with Gasteiger partial charge in [0.15, 0.2) is 0 Å². The molecule has 2 nitrogen and oxygen atoms in total. The van der Waals surface area contributed by atoms with E-state index in [-0.39, 0.29) is 5.41 Å². The van der Waals surface area contributed by atoms with Crippen molar-refractivity contribution in [3.05, 3.63) is 0 Å². The van der Waals surface area contributed by atoms with E-state index in [0.29, 0.717) is 12.5 Å². The molecule has 0 spiro atoms. The molecule has 0 amide bonds. The Hall–Kier alpha value is -0.840. The van der Waals surface area contributed by atoms with E-state index in [4.69, 9.17) is 5.26 Å². The van der Waals surface area contributed by atoms with Crippen molar-refractivity contribution >= 4 is 6.21 Å². The van der Waals surface area contributed by atoms with Crippen LogP contribution >= 0.6 is 0 Å². The molecule has 1 rings (SSSR count). The van der Waals surface area contributed by atoms with E-state index in [2.05, 4.69) is 31.1 Å². The molecule has 0 aromatic carbocycles. The summed E-state index contributed by atoms with van der Waals surface area (Å²) in [5.41, 5.74) is 0.0905. The number of nitriles is 1. The van der Waals surface area contributed by atoms with Crippen LogP contribution in [0.3, 0.4) is 0 Å². The van der Waals surface area contributed by atoms with Crippen molar-refractivity contribution in [3.63, 3.8) is 0 Å². The Morgan fingerprint density at radius 2 is 2.00 bits per heavy atom. The van der Waals surface area contributed by atoms with Crippen molar-refractivity contribution < 1.29 is 0 Å². The van der Waals surface area contributed by atoms with E-state index in [1.807, 2.05) is 0 Å². The number of aliphatic imine (C=N–C) groups is 1. The maximum Gasteiger partial charge on any atom is 0.0622 e. The molecule has 0 heterocycles. The monoisotopic (exact) mass is 206 g/mol. The van der Waals surface area contributed by atoms with Gasteiger partial charge >= 0.3 is 0 Å². The molecular formula is C13H22N2. The zero-order chi connectivity index (χ0) is 11.1. The molecule has 1 fully saturated rings. The number of hydrogen-bond acceptors (Lipinski definition) is 2. The minimum absolute atomic E-state index is 0.0905. The molecule has 0 radical (unpaired) electrons. The normalized spacial score (nSPS) is 19.3. The molecular weight excluding hydrogens is 184 g/mol. The molecule has 0 aromatic rings. The second-order valence-corrected chi connectivity index (χ2v) is 5.22. The Kier molecular flexibility index (Phi) is 4.81. The summed E-state index contributed by atoms with van der Waals surface area (Å²) < 4.78 is 0. The third-order valence-electron chi connectivity index (χ3n) is 3.09. The molecule has 0 bridgehead atoms. The zero-order valence-electron chi connectivity index (χ0n) is 10.00. The lowest BCUT2D eigenvalue weighted by Crippen LogP contribution is -2.16. The fraction of sp³-hybridized carbons (Fsp3) is 0.846. The average Bonchev–Trinajstić information content (AvgIpc) is 2.25. The van der Waals surface area contributed by atoms with Crippen LogP contribution in [0.5, 0.6) is 0 Å². The van der Waals surface area contributed by atoms with E-state index < -0.39 is 0 Å². The van der Waals surface area contributed by atoms with Crippen LogP contribution in [0, 0.1) is 16.7 Å². The highest BCUT2D eigenvalue weighted by Gasteiger charge is 2.16. The molecule has 0 unspecified atom stereocenters. The molecule has 1 aliphatic carbocycles. The second-order valence-electron chi connectivity index (χ2n) is 5.22. The van der Waals surface area contributed by atoms with Gasteiger partial charge in [0.25, 0.3) is 0 Å². The summed E-state index contributed by atoms with van der Waals surface area (Å²) in [6.07, 6.45) is 10.2. The summed E-state index contributed by atoms with van der Waals surface area (Å²) in [6, 6.07) is 2.76. The van der Waals surface area contributed by atoms with Crippen LogP contribution in [0.25, 0.3) is 0 Å². The smallest absolute Gasteiger partial charge is 0.0622 e. The van der Waals surface area contributed by atoms with E-state index in [1.165, 1.54) is 32.1 Å². The van der Waals surface area contributed by atoms with Crippen molar-refractivity contribution in [1.29, 1.82) is 5.26 Å². The Morgan fingerprint density at radius 3 is 2.60 bits per heavy atom. The van der Waals surface area contributed by atoms with Crippen molar-refractivity contribution in [2.45, 2.75) is 64.8 Å². The molecule has 1 aliphatic rings. The Bertz CT molecular complexity index is 242. The Morgan fingerprint density at radius 1 is 1.33 bits per heavy atom. The van der Waals surface area contributed by atoms with Gasteiger partial charge in [-0.3, -0.25) is 4.99 Å². The summed E-state index contributed by atoms with van der Waals surface area (Å²) in [5, 5.41) is 8.55. The standard InChI is InChI=1S/C13H22N2/c1-13(2,9-6-10-14)11-15-12-7-4-3-5-8-12/h11-12H,3-9H2,1-2H3. The van der Waals surface area contributed by atoms with E-state index in [0.717, 1.165) is 6.42 Å². The molecule has 2 heteroatoms. The van der Waals surface area contributed by atoms with E-state index >= 15 is 0 Å². The van der Waals surface area contributed by atoms with Crippen molar-refractivity contribution in [1.82, 2.24) is 0 Å². The SMILES string of the molecule is CC(C)(C=NC1CCCCC1)CCC#N. The van der Waals surface area contributed by atoms with Crippen LogP contribution in [0.1, 0.15) is 58.8 Å². The summed E-state index contributed by atoms with van der Waals surface area (Å²) in [5.74, 6) is 0. The lowest BCUT2D eigenvalue weighted by atomic mass is 9.89. The molecule has 0 aliphatic heterocycles. The van der Waals surface area contributed by atoms with Gasteiger partial charge < -0.3 is 0 Å². The van der Waals surface area contributed by atoms with Crippen molar-refractivity contribution in [3.8, 4) is 6.07 Å². The minimum atomic E-state index is 0.0905. The van der Waals surface area contributed by atoms with Crippen LogP contribution in [-0.4, -0.2) is 12.3 Å². The van der Waals surface area contributed by atoms with Crippen LogP contribution in [0.2, 0.25) is 0 Å². The van der Waals surface area contributed by atoms with Crippen LogP contribution < -0.4 is 0 Å². The molecule has 1 saturated carbocycles. The summed E-state index contributed by atoms with van der Waals surface area (Å²) >= 11 is 0. The van der Waals surface area contributed by atoms with Gasteiger partial charge in [-0.15, -0.1) is 0 Å². The maximum absolute atomic E-state index is 8.55. The highest BCUT2D eigenvalue weighted by molar-refractivity contribution is 5.64. The first kappa shape index (κ1) is 12.2. The third kappa shape index (κ3) is 4.97. The van der Waals surface area contributed by atoms with Crippen molar-refractivity contribution in [2.24, 2.45) is 10.4 Å². The maximum atomic E-state index is 8.55. The minimum Gasteiger partial charge on any atom is -0.294 e. The van der Waals surface area contributed by atoms with Gasteiger partial charge in [0, 0.05) is 24.1 Å². The van der Waals surface area contributed by atoms with Crippen LogP contribution in [0.4, 0.5) is 0 Å². The average molecular weight is 206 g/mol. The molecule has 15 heavy (non-hydrogen) atoms. The first-order valence-electron chi connectivity index (χ1n) is 6.05. The largest absolute Gasteiger partial charge is 0.294 e. The number of nitrogens with zero attached hydrogens (tertiary/aromatic N) is 2. The predicted octanol–water partition coefficient (Wildman–Crippen LogP) is 3.72. The predicted molar refractivity (Wildman–Crippen MR) is 64.0 cm³/mol. The Balaban J connectivity index is 2.37. The molecule has 0 atom stereocenters. The van der Waals surface area contributed by atoms with Gasteiger partial charge in [0.1, 0.15) is 0 Å². The van der Waals surface area contributed by atoms with Gasteiger partial charge in [-0.05, 0) is 19.3 Å². The topological polar surface area (TPSA) is 36.1 Å². The number of hydrogen-bond donors (Lipinski definition) is 0. The fourth-order valence-electron chi connectivity index (χ4n) is 1.98. The second kappa shape index (κ2) is 5.90. The molecule has 0 saturated heterocycles. The molecule has 0 aromatic heterocycles. The van der Waals surface area contributed by atoms with Gasteiger partial charge in [-0.25, -0.2) is 0 Å². The highest BCUT2D eigenvalue weighted by atomic mass is 14.8. The summed E-state index contributed by atoms with van der Waals surface area (Å²) in [4.78, 5) is 4.67. The van der Waals surface area contributed by atoms with Gasteiger partial charge in [0.05, 0.1) is 6.07 Å². The fourth-order valence-corrected chi connectivity index (χ4v) is 1.98.